The Hall–Kier alpha value is -2.08. The van der Waals surface area contributed by atoms with Gasteiger partial charge in [0.2, 0.25) is 0 Å². The summed E-state index contributed by atoms with van der Waals surface area (Å²) < 4.78 is 5.08. The van der Waals surface area contributed by atoms with Crippen molar-refractivity contribution in [3.8, 4) is 0 Å². The molecule has 0 aromatic carbocycles. The number of hydrogen-bond acceptors (Lipinski definition) is 4. The molecule has 2 heterocycles. The van der Waals surface area contributed by atoms with Gasteiger partial charge >= 0.3 is 5.91 Å². The number of carbonyl (C=O) groups excluding carboxylic acids is 2. The van der Waals surface area contributed by atoms with E-state index in [0.29, 0.717) is 4.88 Å². The average molecular weight is 318 g/mol. The van der Waals surface area contributed by atoms with Gasteiger partial charge in [-0.25, -0.2) is 0 Å². The van der Waals surface area contributed by atoms with E-state index >= 15 is 0 Å². The summed E-state index contributed by atoms with van der Waals surface area (Å²) in [6, 6.07) is 3.65. The van der Waals surface area contributed by atoms with Gasteiger partial charge in [0, 0.05) is 10.4 Å². The number of furan rings is 1. The lowest BCUT2D eigenvalue weighted by molar-refractivity contribution is 0.0832. The molecule has 0 unspecified atom stereocenters. The summed E-state index contributed by atoms with van der Waals surface area (Å²) in [5.74, 6) is -0.521. The van der Waals surface area contributed by atoms with Crippen molar-refractivity contribution in [2.24, 2.45) is 0 Å². The lowest BCUT2D eigenvalue weighted by Gasteiger charge is -2.05. The second-order valence-corrected chi connectivity index (χ2v) is 6.60. The minimum Gasteiger partial charge on any atom is -0.459 e. The van der Waals surface area contributed by atoms with Crippen molar-refractivity contribution >= 4 is 23.2 Å². The second-order valence-electron chi connectivity index (χ2n) is 5.46. The summed E-state index contributed by atoms with van der Waals surface area (Å²) in [7, 11) is 0. The smallest absolute Gasteiger partial charge is 0.305 e. The first-order chi connectivity index (χ1) is 10.6. The van der Waals surface area contributed by atoms with Gasteiger partial charge in [0.15, 0.2) is 5.76 Å². The zero-order valence-corrected chi connectivity index (χ0v) is 13.2. The van der Waals surface area contributed by atoms with E-state index in [1.54, 1.807) is 13.0 Å². The van der Waals surface area contributed by atoms with Crippen LogP contribution in [0, 0.1) is 6.92 Å². The molecule has 1 aliphatic carbocycles. The van der Waals surface area contributed by atoms with Crippen LogP contribution in [0.5, 0.6) is 0 Å². The number of hydrogen-bond donors (Lipinski definition) is 2. The van der Waals surface area contributed by atoms with Gasteiger partial charge in [-0.2, -0.15) is 0 Å². The van der Waals surface area contributed by atoms with Crippen molar-refractivity contribution in [2.45, 2.75) is 39.0 Å². The Morgan fingerprint density at radius 3 is 2.68 bits per heavy atom. The minimum atomic E-state index is -0.450. The van der Waals surface area contributed by atoms with Crippen LogP contribution in [0.25, 0.3) is 0 Å². The molecule has 0 bridgehead atoms. The number of fused-ring (bicyclic) bond motifs is 1. The van der Waals surface area contributed by atoms with Crippen LogP contribution in [0.4, 0.5) is 0 Å². The zero-order valence-electron chi connectivity index (χ0n) is 12.4. The van der Waals surface area contributed by atoms with E-state index in [9.17, 15) is 9.59 Å². The second kappa shape index (κ2) is 6.36. The van der Waals surface area contributed by atoms with E-state index in [1.165, 1.54) is 47.3 Å². The highest BCUT2D eigenvalue weighted by molar-refractivity contribution is 7.14. The average Bonchev–Trinajstić information content (AvgIpc) is 3.05. The maximum atomic E-state index is 12.2. The molecule has 116 valence electrons. The molecule has 0 atom stereocenters. The maximum absolute atomic E-state index is 12.2. The van der Waals surface area contributed by atoms with Crippen LogP contribution in [0.15, 0.2) is 22.8 Å². The molecule has 22 heavy (non-hydrogen) atoms. The number of amides is 2. The molecule has 2 aromatic heterocycles. The Bertz CT molecular complexity index is 679. The molecule has 0 radical (unpaired) electrons. The molecule has 0 aliphatic heterocycles. The molecule has 2 aromatic rings. The minimum absolute atomic E-state index is 0.210. The zero-order chi connectivity index (χ0) is 15.5. The Morgan fingerprint density at radius 1 is 1.14 bits per heavy atom. The van der Waals surface area contributed by atoms with Crippen LogP contribution < -0.4 is 10.9 Å². The number of nitrogens with one attached hydrogen (secondary N) is 2. The van der Waals surface area contributed by atoms with Crippen LogP contribution >= 0.6 is 11.3 Å². The first-order valence-corrected chi connectivity index (χ1v) is 8.23. The molecule has 1 aliphatic rings. The van der Waals surface area contributed by atoms with E-state index < -0.39 is 5.91 Å². The Kier molecular flexibility index (Phi) is 4.29. The molecular formula is C16H18N2O3S. The third-order valence-electron chi connectivity index (χ3n) is 3.83. The van der Waals surface area contributed by atoms with Crippen LogP contribution in [-0.2, 0) is 12.8 Å². The van der Waals surface area contributed by atoms with Crippen molar-refractivity contribution in [2.75, 3.05) is 0 Å². The van der Waals surface area contributed by atoms with Crippen LogP contribution in [-0.4, -0.2) is 11.8 Å². The summed E-state index contributed by atoms with van der Waals surface area (Å²) in [5, 5.41) is 0. The van der Waals surface area contributed by atoms with Crippen molar-refractivity contribution in [1.82, 2.24) is 10.9 Å². The monoisotopic (exact) mass is 318 g/mol. The molecule has 5 nitrogen and oxygen atoms in total. The number of carbonyl (C=O) groups is 2. The van der Waals surface area contributed by atoms with Gasteiger partial charge in [0.05, 0.1) is 11.1 Å². The summed E-state index contributed by atoms with van der Waals surface area (Å²) in [6.45, 7) is 1.77. The molecule has 3 rings (SSSR count). The van der Waals surface area contributed by atoms with E-state index in [4.69, 9.17) is 4.42 Å². The molecule has 6 heteroatoms. The predicted octanol–water partition coefficient (Wildman–Crippen LogP) is 2.99. The summed E-state index contributed by atoms with van der Waals surface area (Å²) in [4.78, 5) is 26.0. The molecule has 0 saturated carbocycles. The fourth-order valence-electron chi connectivity index (χ4n) is 2.62. The van der Waals surface area contributed by atoms with Gasteiger partial charge in [-0.1, -0.05) is 6.42 Å². The highest BCUT2D eigenvalue weighted by Crippen LogP contribution is 2.28. The Labute approximate surface area is 132 Å². The van der Waals surface area contributed by atoms with Gasteiger partial charge in [-0.3, -0.25) is 20.4 Å². The van der Waals surface area contributed by atoms with Crippen LogP contribution in [0.3, 0.4) is 0 Å². The SMILES string of the molecule is Cc1ccoc1C(=O)NNC(=O)c1cc2c(s1)CCCCC2. The van der Waals surface area contributed by atoms with Crippen LogP contribution in [0.2, 0.25) is 0 Å². The van der Waals surface area contributed by atoms with Gasteiger partial charge in [-0.15, -0.1) is 11.3 Å². The summed E-state index contributed by atoms with van der Waals surface area (Å²) in [6.07, 6.45) is 7.15. The normalized spacial score (nSPS) is 14.0. The summed E-state index contributed by atoms with van der Waals surface area (Å²) in [5.41, 5.74) is 6.85. The van der Waals surface area contributed by atoms with Gasteiger partial charge in [0.1, 0.15) is 0 Å². The lowest BCUT2D eigenvalue weighted by atomic mass is 10.1. The fraction of sp³-hybridized carbons (Fsp3) is 0.375. The Morgan fingerprint density at radius 2 is 1.91 bits per heavy atom. The largest absolute Gasteiger partial charge is 0.459 e. The molecule has 2 N–H and O–H groups in total. The third-order valence-corrected chi connectivity index (χ3v) is 5.06. The molecular weight excluding hydrogens is 300 g/mol. The van der Waals surface area contributed by atoms with E-state index in [-0.39, 0.29) is 11.7 Å². The first kappa shape index (κ1) is 14.8. The third kappa shape index (κ3) is 3.06. The highest BCUT2D eigenvalue weighted by atomic mass is 32.1. The number of aryl methyl sites for hydroxylation is 3. The molecule has 2 amide bonds. The van der Waals surface area contributed by atoms with Gasteiger partial charge in [0.25, 0.3) is 5.91 Å². The van der Waals surface area contributed by atoms with Crippen molar-refractivity contribution in [3.05, 3.63) is 45.0 Å². The van der Waals surface area contributed by atoms with Crippen molar-refractivity contribution in [1.29, 1.82) is 0 Å². The standard InChI is InChI=1S/C16H18N2O3S/c1-10-7-8-21-14(10)16(20)18-17-15(19)13-9-11-5-3-2-4-6-12(11)22-13/h7-9H,2-6H2,1H3,(H,17,19)(H,18,20). The van der Waals surface area contributed by atoms with Gasteiger partial charge < -0.3 is 4.42 Å². The Balaban J connectivity index is 1.63. The number of rotatable bonds is 2. The predicted molar refractivity (Wildman–Crippen MR) is 84.0 cm³/mol. The lowest BCUT2D eigenvalue weighted by Crippen LogP contribution is -2.41. The quantitative estimate of drug-likeness (QED) is 0.660. The molecule has 0 spiro atoms. The van der Waals surface area contributed by atoms with E-state index in [1.807, 2.05) is 6.07 Å². The van der Waals surface area contributed by atoms with E-state index in [2.05, 4.69) is 10.9 Å². The van der Waals surface area contributed by atoms with Crippen molar-refractivity contribution < 1.29 is 14.0 Å². The number of thiophene rings is 1. The topological polar surface area (TPSA) is 71.3 Å². The van der Waals surface area contributed by atoms with E-state index in [0.717, 1.165) is 18.4 Å². The molecule has 0 fully saturated rings. The van der Waals surface area contributed by atoms with Crippen molar-refractivity contribution in [3.63, 3.8) is 0 Å². The first-order valence-electron chi connectivity index (χ1n) is 7.41. The maximum Gasteiger partial charge on any atom is 0.305 e. The number of hydrazine groups is 1. The fourth-order valence-corrected chi connectivity index (χ4v) is 3.77. The summed E-state index contributed by atoms with van der Waals surface area (Å²) >= 11 is 1.52. The molecule has 0 saturated heterocycles. The highest BCUT2D eigenvalue weighted by Gasteiger charge is 2.18. The van der Waals surface area contributed by atoms with Crippen LogP contribution in [0.1, 0.15) is 55.5 Å². The van der Waals surface area contributed by atoms with Gasteiger partial charge in [-0.05, 0) is 50.3 Å².